The highest BCUT2D eigenvalue weighted by atomic mass is 16.2. The predicted molar refractivity (Wildman–Crippen MR) is 160 cm³/mol. The highest BCUT2D eigenvalue weighted by Gasteiger charge is 2.71. The van der Waals surface area contributed by atoms with Crippen LogP contribution in [0.2, 0.25) is 0 Å². The van der Waals surface area contributed by atoms with Gasteiger partial charge in [-0.15, -0.1) is 0 Å². The Bertz CT molecular complexity index is 1560. The van der Waals surface area contributed by atoms with E-state index < -0.39 is 28.8 Å². The summed E-state index contributed by atoms with van der Waals surface area (Å²) in [6.45, 7) is 9.87. The minimum absolute atomic E-state index is 0.0461. The van der Waals surface area contributed by atoms with Gasteiger partial charge in [-0.3, -0.25) is 14.4 Å². The molecule has 40 heavy (non-hydrogen) atoms. The van der Waals surface area contributed by atoms with E-state index in [1.54, 1.807) is 0 Å². The van der Waals surface area contributed by atoms with Gasteiger partial charge in [0.25, 0.3) is 0 Å². The number of nitrogens with one attached hydrogen (secondary N) is 1. The first-order valence-corrected chi connectivity index (χ1v) is 14.2. The van der Waals surface area contributed by atoms with Crippen molar-refractivity contribution >= 4 is 34.4 Å². The molecule has 0 aromatic heterocycles. The number of aryl methyl sites for hydroxylation is 1. The van der Waals surface area contributed by atoms with E-state index in [4.69, 9.17) is 0 Å². The van der Waals surface area contributed by atoms with Gasteiger partial charge in [0, 0.05) is 27.9 Å². The molecule has 1 saturated heterocycles. The number of benzene rings is 3. The fraction of sp³-hybridized carbons (Fsp3) is 0.343. The van der Waals surface area contributed by atoms with Crippen LogP contribution in [0.15, 0.2) is 78.9 Å². The SMILES string of the molecule is CCCc1ccc(C(=O)[C@H]2[C@H](C(=O)C(C)(C)C)N3c4ccccc4C(C)=C[C@@H]3[C@]23C(=O)Nc2ccccc23)cc1. The van der Waals surface area contributed by atoms with Gasteiger partial charge >= 0.3 is 0 Å². The average molecular weight is 533 g/mol. The summed E-state index contributed by atoms with van der Waals surface area (Å²) >= 11 is 0. The Morgan fingerprint density at radius 2 is 1.62 bits per heavy atom. The van der Waals surface area contributed by atoms with Gasteiger partial charge in [0.15, 0.2) is 11.6 Å². The van der Waals surface area contributed by atoms with Crippen LogP contribution in [0.4, 0.5) is 11.4 Å². The van der Waals surface area contributed by atoms with E-state index in [0.29, 0.717) is 11.3 Å². The number of para-hydroxylation sites is 2. The fourth-order valence-electron chi connectivity index (χ4n) is 7.13. The van der Waals surface area contributed by atoms with Crippen LogP contribution in [0.25, 0.3) is 5.57 Å². The number of rotatable bonds is 5. The van der Waals surface area contributed by atoms with Crippen LogP contribution in [-0.2, 0) is 21.4 Å². The molecule has 3 aliphatic heterocycles. The highest BCUT2D eigenvalue weighted by Crippen LogP contribution is 2.59. The van der Waals surface area contributed by atoms with Crippen LogP contribution in [0.5, 0.6) is 0 Å². The number of nitrogens with zero attached hydrogens (tertiary/aromatic N) is 1. The first-order chi connectivity index (χ1) is 19.1. The molecule has 1 spiro atoms. The van der Waals surface area contributed by atoms with Crippen LogP contribution < -0.4 is 10.2 Å². The summed E-state index contributed by atoms with van der Waals surface area (Å²) in [6.07, 6.45) is 4.05. The van der Waals surface area contributed by atoms with E-state index in [1.165, 1.54) is 0 Å². The van der Waals surface area contributed by atoms with Crippen LogP contribution in [0.3, 0.4) is 0 Å². The molecule has 0 aliphatic carbocycles. The predicted octanol–water partition coefficient (Wildman–Crippen LogP) is 6.62. The number of hydrogen-bond acceptors (Lipinski definition) is 4. The molecular weight excluding hydrogens is 496 g/mol. The van der Waals surface area contributed by atoms with Crippen molar-refractivity contribution in [3.8, 4) is 0 Å². The molecule has 5 nitrogen and oxygen atoms in total. The lowest BCUT2D eigenvalue weighted by Crippen LogP contribution is -2.51. The van der Waals surface area contributed by atoms with Crippen molar-refractivity contribution in [1.29, 1.82) is 0 Å². The maximum absolute atomic E-state index is 14.8. The molecule has 1 amide bonds. The third-order valence-corrected chi connectivity index (χ3v) is 8.95. The van der Waals surface area contributed by atoms with Gasteiger partial charge in [-0.2, -0.15) is 0 Å². The molecule has 204 valence electrons. The third kappa shape index (κ3) is 3.63. The van der Waals surface area contributed by atoms with Crippen molar-refractivity contribution in [3.63, 3.8) is 0 Å². The first kappa shape index (κ1) is 26.2. The van der Waals surface area contributed by atoms with Crippen LogP contribution in [0, 0.1) is 11.3 Å². The number of anilines is 2. The topological polar surface area (TPSA) is 66.5 Å². The van der Waals surface area contributed by atoms with Gasteiger partial charge in [-0.1, -0.05) is 101 Å². The monoisotopic (exact) mass is 532 g/mol. The molecule has 0 saturated carbocycles. The van der Waals surface area contributed by atoms with Gasteiger partial charge in [0.1, 0.15) is 11.5 Å². The Labute approximate surface area is 236 Å². The Balaban J connectivity index is 1.66. The van der Waals surface area contributed by atoms with E-state index >= 15 is 0 Å². The van der Waals surface area contributed by atoms with E-state index in [2.05, 4.69) is 23.2 Å². The normalized spacial score (nSPS) is 24.7. The lowest BCUT2D eigenvalue weighted by molar-refractivity contribution is -0.128. The van der Waals surface area contributed by atoms with Gasteiger partial charge < -0.3 is 10.2 Å². The minimum Gasteiger partial charge on any atom is -0.352 e. The lowest BCUT2D eigenvalue weighted by atomic mass is 9.63. The molecule has 3 aromatic rings. The number of hydrogen-bond donors (Lipinski definition) is 1. The zero-order valence-corrected chi connectivity index (χ0v) is 23.8. The number of Topliss-reactive ketones (excluding diaryl/α,β-unsaturated/α-hetero) is 2. The zero-order valence-electron chi connectivity index (χ0n) is 23.8. The van der Waals surface area contributed by atoms with E-state index in [1.807, 2.05) is 100 Å². The summed E-state index contributed by atoms with van der Waals surface area (Å²) < 4.78 is 0. The van der Waals surface area contributed by atoms with E-state index in [-0.39, 0.29) is 17.5 Å². The molecule has 3 aliphatic rings. The fourth-order valence-corrected chi connectivity index (χ4v) is 7.13. The molecular formula is C35H36N2O3. The summed E-state index contributed by atoms with van der Waals surface area (Å²) in [5.41, 5.74) is 4.12. The third-order valence-electron chi connectivity index (χ3n) is 8.95. The smallest absolute Gasteiger partial charge is 0.238 e. The van der Waals surface area contributed by atoms with Gasteiger partial charge in [-0.25, -0.2) is 0 Å². The lowest BCUT2D eigenvalue weighted by Gasteiger charge is -2.39. The largest absolute Gasteiger partial charge is 0.352 e. The standard InChI is InChI=1S/C35H36N2O3/c1-6-11-22-16-18-23(19-17-22)31(38)29-30(32(39)34(3,4)5)37-27-15-10-7-12-24(27)21(2)20-28(37)35(29)25-13-8-9-14-26(25)36-33(35)40/h7-10,12-20,28-30H,6,11H2,1-5H3,(H,36,40)/t28-,29-,30-,35+/m1/s1. The van der Waals surface area contributed by atoms with Gasteiger partial charge in [0.05, 0.1) is 12.0 Å². The van der Waals surface area contributed by atoms with Crippen molar-refractivity contribution in [3.05, 3.63) is 101 Å². The molecule has 0 radical (unpaired) electrons. The second kappa shape index (κ2) is 9.29. The zero-order chi connectivity index (χ0) is 28.4. The summed E-state index contributed by atoms with van der Waals surface area (Å²) in [7, 11) is 0. The summed E-state index contributed by atoms with van der Waals surface area (Å²) in [5.74, 6) is -1.36. The number of allylic oxidation sites excluding steroid dienone is 1. The number of amides is 1. The summed E-state index contributed by atoms with van der Waals surface area (Å²) in [4.78, 5) is 45.8. The molecule has 4 atom stereocenters. The molecule has 6 rings (SSSR count). The van der Waals surface area contributed by atoms with Crippen LogP contribution >= 0.6 is 0 Å². The quantitative estimate of drug-likeness (QED) is 0.375. The maximum Gasteiger partial charge on any atom is 0.238 e. The molecule has 0 unspecified atom stereocenters. The molecule has 5 heteroatoms. The van der Waals surface area contributed by atoms with Crippen LogP contribution in [-0.4, -0.2) is 29.6 Å². The Morgan fingerprint density at radius 1 is 0.950 bits per heavy atom. The van der Waals surface area contributed by atoms with Gasteiger partial charge in [0.2, 0.25) is 5.91 Å². The number of carbonyl (C=O) groups excluding carboxylic acids is 3. The molecule has 3 aromatic carbocycles. The van der Waals surface area contributed by atoms with Crippen molar-refractivity contribution in [2.24, 2.45) is 11.3 Å². The Morgan fingerprint density at radius 3 is 2.33 bits per heavy atom. The minimum atomic E-state index is -1.27. The Kier molecular flexibility index (Phi) is 6.10. The molecule has 3 heterocycles. The molecule has 0 bridgehead atoms. The van der Waals surface area contributed by atoms with Crippen molar-refractivity contribution in [1.82, 2.24) is 0 Å². The molecule has 1 N–H and O–H groups in total. The highest BCUT2D eigenvalue weighted by molar-refractivity contribution is 6.17. The molecule has 1 fully saturated rings. The maximum atomic E-state index is 14.8. The van der Waals surface area contributed by atoms with E-state index in [9.17, 15) is 14.4 Å². The second-order valence-corrected chi connectivity index (χ2v) is 12.4. The summed E-state index contributed by atoms with van der Waals surface area (Å²) in [5, 5.41) is 3.10. The Hall–Kier alpha value is -3.99. The van der Waals surface area contributed by atoms with Crippen molar-refractivity contribution in [2.45, 2.75) is 65.0 Å². The average Bonchev–Trinajstić information content (AvgIpc) is 3.40. The van der Waals surface area contributed by atoms with Crippen molar-refractivity contribution in [2.75, 3.05) is 10.2 Å². The second-order valence-electron chi connectivity index (χ2n) is 12.4. The van der Waals surface area contributed by atoms with Crippen molar-refractivity contribution < 1.29 is 14.4 Å². The van der Waals surface area contributed by atoms with E-state index in [0.717, 1.165) is 40.8 Å². The number of fused-ring (bicyclic) bond motifs is 6. The summed E-state index contributed by atoms with van der Waals surface area (Å²) in [6, 6.07) is 22.0. The van der Waals surface area contributed by atoms with Crippen LogP contribution in [0.1, 0.15) is 68.1 Å². The van der Waals surface area contributed by atoms with Gasteiger partial charge in [-0.05, 0) is 42.2 Å². The first-order valence-electron chi connectivity index (χ1n) is 14.2. The number of carbonyl (C=O) groups is 3. The number of ketones is 2.